The number of nitrogens with zero attached hydrogens (tertiary/aromatic N) is 1. The van der Waals surface area contributed by atoms with E-state index in [-0.39, 0.29) is 18.9 Å². The molecule has 1 unspecified atom stereocenters. The zero-order valence-corrected chi connectivity index (χ0v) is 10.8. The molecule has 1 atom stereocenters. The lowest BCUT2D eigenvalue weighted by Crippen LogP contribution is -2.42. The Balaban J connectivity index is 2.61. The van der Waals surface area contributed by atoms with E-state index >= 15 is 0 Å². The number of aromatic nitrogens is 1. The number of carbonyl (C=O) groups excluding carboxylic acids is 2. The molecule has 0 aliphatic rings. The second kappa shape index (κ2) is 8.17. The molecule has 19 heavy (non-hydrogen) atoms. The Morgan fingerprint density at radius 3 is 2.58 bits per heavy atom. The minimum atomic E-state index is -0.791. The average molecular weight is 268 g/mol. The number of pyridine rings is 1. The molecule has 1 heterocycles. The molecule has 0 fully saturated rings. The van der Waals surface area contributed by atoms with Crippen LogP contribution in [-0.4, -0.2) is 43.7 Å². The first-order chi connectivity index (χ1) is 9.19. The number of esters is 1. The second-order valence-electron chi connectivity index (χ2n) is 3.56. The predicted octanol–water partition coefficient (Wildman–Crippen LogP) is 0.321. The van der Waals surface area contributed by atoms with Crippen LogP contribution in [0.1, 0.15) is 16.8 Å². The van der Waals surface area contributed by atoms with Gasteiger partial charge in [0.25, 0.3) is 5.91 Å². The van der Waals surface area contributed by atoms with Crippen LogP contribution in [0.25, 0.3) is 0 Å². The normalized spacial score (nSPS) is 11.7. The number of ether oxygens (including phenoxy) is 1. The number of nitrogens with one attached hydrogen (secondary N) is 1. The minimum absolute atomic E-state index is 0.160. The van der Waals surface area contributed by atoms with Gasteiger partial charge >= 0.3 is 5.97 Å². The highest BCUT2D eigenvalue weighted by molar-refractivity contribution is 5.96. The van der Waals surface area contributed by atoms with Gasteiger partial charge in [-0.2, -0.15) is 0 Å². The van der Waals surface area contributed by atoms with Crippen molar-refractivity contribution in [3.8, 4) is 0 Å². The van der Waals surface area contributed by atoms with Crippen molar-refractivity contribution in [2.45, 2.75) is 12.5 Å². The topological polar surface area (TPSA) is 86.8 Å². The van der Waals surface area contributed by atoms with Gasteiger partial charge in [0.2, 0.25) is 0 Å². The van der Waals surface area contributed by atoms with Gasteiger partial charge in [-0.05, 0) is 12.1 Å². The molecule has 7 nitrogen and oxygen atoms in total. The summed E-state index contributed by atoms with van der Waals surface area (Å²) in [4.78, 5) is 36.3. The maximum atomic E-state index is 11.9. The van der Waals surface area contributed by atoms with Crippen LogP contribution in [-0.2, 0) is 19.3 Å². The van der Waals surface area contributed by atoms with Crippen molar-refractivity contribution < 1.29 is 24.1 Å². The van der Waals surface area contributed by atoms with Gasteiger partial charge in [-0.15, -0.1) is 0 Å². The van der Waals surface area contributed by atoms with Crippen molar-refractivity contribution in [1.29, 1.82) is 0 Å². The van der Waals surface area contributed by atoms with Crippen molar-refractivity contribution in [3.05, 3.63) is 30.1 Å². The Morgan fingerprint density at radius 1 is 1.32 bits per heavy atom. The first kappa shape index (κ1) is 15.1. The third-order valence-electron chi connectivity index (χ3n) is 2.34. The summed E-state index contributed by atoms with van der Waals surface area (Å²) in [6, 6.07) is 2.31. The van der Waals surface area contributed by atoms with Crippen molar-refractivity contribution in [2.24, 2.45) is 0 Å². The van der Waals surface area contributed by atoms with Gasteiger partial charge in [-0.3, -0.25) is 9.78 Å². The van der Waals surface area contributed by atoms with Gasteiger partial charge in [0.05, 0.1) is 20.8 Å². The Morgan fingerprint density at radius 2 is 2.00 bits per heavy atom. The summed E-state index contributed by atoms with van der Waals surface area (Å²) in [6.45, 7) is 0.160. The van der Waals surface area contributed by atoms with E-state index < -0.39 is 12.0 Å². The minimum Gasteiger partial charge on any atom is -0.467 e. The average Bonchev–Trinajstić information content (AvgIpc) is 2.46. The Hall–Kier alpha value is -1.99. The molecule has 1 rings (SSSR count). The maximum absolute atomic E-state index is 11.9. The molecule has 0 saturated heterocycles. The maximum Gasteiger partial charge on any atom is 0.328 e. The Bertz CT molecular complexity index is 410. The summed E-state index contributed by atoms with van der Waals surface area (Å²) in [5, 5.41) is 2.57. The van der Waals surface area contributed by atoms with Gasteiger partial charge in [-0.25, -0.2) is 14.6 Å². The number of amides is 1. The number of hydrogen-bond donors (Lipinski definition) is 1. The standard InChI is InChI=1S/C12H16N2O5/c1-17-12(16)10(5-8-19-18-2)14-11(15)9-3-6-13-7-4-9/h3-4,6-7,10H,5,8H2,1-2H3,(H,14,15). The number of hydrogen-bond acceptors (Lipinski definition) is 6. The van der Waals surface area contributed by atoms with E-state index in [0.29, 0.717) is 5.56 Å². The molecule has 0 aromatic carbocycles. The summed E-state index contributed by atoms with van der Waals surface area (Å²) in [5.74, 6) is -0.919. The lowest BCUT2D eigenvalue weighted by Gasteiger charge is -2.15. The lowest BCUT2D eigenvalue weighted by molar-refractivity contribution is -0.273. The molecule has 0 aliphatic carbocycles. The summed E-state index contributed by atoms with van der Waals surface area (Å²) in [7, 11) is 2.62. The molecule has 1 aromatic rings. The van der Waals surface area contributed by atoms with Crippen molar-refractivity contribution in [3.63, 3.8) is 0 Å². The summed E-state index contributed by atoms with van der Waals surface area (Å²) in [6.07, 6.45) is 3.24. The number of rotatable bonds is 7. The van der Waals surface area contributed by atoms with Crippen molar-refractivity contribution >= 4 is 11.9 Å². The first-order valence-corrected chi connectivity index (χ1v) is 5.63. The third kappa shape index (κ3) is 5.02. The van der Waals surface area contributed by atoms with E-state index in [2.05, 4.69) is 24.8 Å². The molecule has 7 heteroatoms. The molecule has 0 radical (unpaired) electrons. The number of methoxy groups -OCH3 is 1. The van der Waals surface area contributed by atoms with E-state index in [9.17, 15) is 9.59 Å². The zero-order valence-electron chi connectivity index (χ0n) is 10.8. The summed E-state index contributed by atoms with van der Waals surface area (Å²) in [5.41, 5.74) is 0.413. The third-order valence-corrected chi connectivity index (χ3v) is 2.34. The zero-order chi connectivity index (χ0) is 14.1. The Labute approximate surface area is 110 Å². The largest absolute Gasteiger partial charge is 0.467 e. The van der Waals surface area contributed by atoms with Crippen LogP contribution in [0.4, 0.5) is 0 Å². The molecule has 0 saturated carbocycles. The van der Waals surface area contributed by atoms with Gasteiger partial charge < -0.3 is 10.1 Å². The lowest BCUT2D eigenvalue weighted by atomic mass is 10.2. The molecule has 1 amide bonds. The number of carbonyl (C=O) groups is 2. The monoisotopic (exact) mass is 268 g/mol. The molecule has 0 aliphatic heterocycles. The Kier molecular flexibility index (Phi) is 6.48. The highest BCUT2D eigenvalue weighted by Crippen LogP contribution is 2.01. The van der Waals surface area contributed by atoms with Gasteiger partial charge in [0, 0.05) is 24.4 Å². The van der Waals surface area contributed by atoms with E-state index in [1.807, 2.05) is 0 Å². The van der Waals surface area contributed by atoms with Crippen LogP contribution < -0.4 is 5.32 Å². The highest BCUT2D eigenvalue weighted by Gasteiger charge is 2.22. The second-order valence-corrected chi connectivity index (χ2v) is 3.56. The molecule has 1 N–H and O–H groups in total. The van der Waals surface area contributed by atoms with E-state index in [1.54, 1.807) is 12.1 Å². The molecule has 104 valence electrons. The van der Waals surface area contributed by atoms with Crippen LogP contribution in [0, 0.1) is 0 Å². The summed E-state index contributed by atoms with van der Waals surface area (Å²) >= 11 is 0. The van der Waals surface area contributed by atoms with Gasteiger partial charge in [-0.1, -0.05) is 0 Å². The fourth-order valence-corrected chi connectivity index (χ4v) is 1.39. The highest BCUT2D eigenvalue weighted by atomic mass is 17.2. The van der Waals surface area contributed by atoms with Crippen molar-refractivity contribution in [2.75, 3.05) is 20.8 Å². The molecule has 0 spiro atoms. The van der Waals surface area contributed by atoms with Gasteiger partial charge in [0.1, 0.15) is 6.04 Å². The van der Waals surface area contributed by atoms with E-state index in [4.69, 9.17) is 0 Å². The van der Waals surface area contributed by atoms with Gasteiger partial charge in [0.15, 0.2) is 0 Å². The summed E-state index contributed by atoms with van der Waals surface area (Å²) < 4.78 is 4.62. The molecular formula is C12H16N2O5. The fraction of sp³-hybridized carbons (Fsp3) is 0.417. The SMILES string of the molecule is COOCCC(NC(=O)c1ccncc1)C(=O)OC. The first-order valence-electron chi connectivity index (χ1n) is 5.63. The van der Waals surface area contributed by atoms with Crippen LogP contribution in [0.2, 0.25) is 0 Å². The van der Waals surface area contributed by atoms with Crippen molar-refractivity contribution in [1.82, 2.24) is 10.3 Å². The van der Waals surface area contributed by atoms with E-state index in [1.165, 1.54) is 26.6 Å². The van der Waals surface area contributed by atoms with E-state index in [0.717, 1.165) is 0 Å². The smallest absolute Gasteiger partial charge is 0.328 e. The predicted molar refractivity (Wildman–Crippen MR) is 65.1 cm³/mol. The molecule has 0 bridgehead atoms. The molecule has 1 aromatic heterocycles. The van der Waals surface area contributed by atoms with Crippen LogP contribution in [0.5, 0.6) is 0 Å². The van der Waals surface area contributed by atoms with Crippen LogP contribution in [0.15, 0.2) is 24.5 Å². The quantitative estimate of drug-likeness (QED) is 0.332. The van der Waals surface area contributed by atoms with Crippen LogP contribution >= 0.6 is 0 Å². The fourth-order valence-electron chi connectivity index (χ4n) is 1.39. The molecular weight excluding hydrogens is 252 g/mol. The van der Waals surface area contributed by atoms with Crippen LogP contribution in [0.3, 0.4) is 0 Å².